The molecule has 13 heavy (non-hydrogen) atoms. The lowest BCUT2D eigenvalue weighted by Crippen LogP contribution is -1.91. The zero-order valence-corrected chi connectivity index (χ0v) is 8.23. The summed E-state index contributed by atoms with van der Waals surface area (Å²) >= 11 is 7.15. The lowest BCUT2D eigenvalue weighted by atomic mass is 10.5. The van der Waals surface area contributed by atoms with E-state index in [0.29, 0.717) is 17.5 Å². The van der Waals surface area contributed by atoms with E-state index >= 15 is 0 Å². The first-order valence-electron chi connectivity index (χ1n) is 3.70. The first kappa shape index (κ1) is 8.74. The lowest BCUT2D eigenvalue weighted by molar-refractivity contribution is 0.584. The molecule has 5 heteroatoms. The molecule has 0 fully saturated rings. The van der Waals surface area contributed by atoms with E-state index in [4.69, 9.17) is 21.8 Å². The van der Waals surface area contributed by atoms with Crippen molar-refractivity contribution >= 4 is 22.9 Å². The summed E-state index contributed by atoms with van der Waals surface area (Å²) in [5, 5.41) is 1.19. The number of hydrogen-bond acceptors (Lipinski definition) is 4. The van der Waals surface area contributed by atoms with Gasteiger partial charge in [0.2, 0.25) is 0 Å². The molecule has 0 saturated heterocycles. The van der Waals surface area contributed by atoms with Crippen LogP contribution in [0.15, 0.2) is 22.7 Å². The molecule has 0 amide bonds. The Morgan fingerprint density at radius 1 is 1.54 bits per heavy atom. The highest BCUT2D eigenvalue weighted by atomic mass is 35.5. The fraction of sp³-hybridized carbons (Fsp3) is 0.125. The fourth-order valence-electron chi connectivity index (χ4n) is 0.945. The van der Waals surface area contributed by atoms with E-state index in [1.54, 1.807) is 18.3 Å². The molecule has 0 aliphatic rings. The van der Waals surface area contributed by atoms with Crippen LogP contribution in [-0.4, -0.2) is 4.98 Å². The third kappa shape index (κ3) is 1.75. The number of rotatable bonds is 2. The Balaban J connectivity index is 2.35. The van der Waals surface area contributed by atoms with Crippen molar-refractivity contribution in [3.8, 4) is 10.8 Å². The fourth-order valence-corrected chi connectivity index (χ4v) is 1.84. The van der Waals surface area contributed by atoms with Crippen molar-refractivity contribution in [1.29, 1.82) is 0 Å². The topological polar surface area (TPSA) is 52.0 Å². The maximum atomic E-state index is 5.64. The molecule has 0 bridgehead atoms. The number of hydrogen-bond donors (Lipinski definition) is 1. The van der Waals surface area contributed by atoms with Gasteiger partial charge in [-0.3, -0.25) is 0 Å². The first-order valence-corrected chi connectivity index (χ1v) is 4.89. The van der Waals surface area contributed by atoms with Gasteiger partial charge in [0.1, 0.15) is 0 Å². The minimum Gasteiger partial charge on any atom is -0.442 e. The summed E-state index contributed by atoms with van der Waals surface area (Å²) in [5.41, 5.74) is 5.46. The molecular weight excluding hydrogens is 208 g/mol. The monoisotopic (exact) mass is 214 g/mol. The average Bonchev–Trinajstić information content (AvgIpc) is 2.71. The van der Waals surface area contributed by atoms with E-state index in [9.17, 15) is 0 Å². The van der Waals surface area contributed by atoms with Crippen LogP contribution in [0.3, 0.4) is 0 Å². The number of nitrogens with zero attached hydrogens (tertiary/aromatic N) is 1. The van der Waals surface area contributed by atoms with Crippen molar-refractivity contribution in [3.05, 3.63) is 28.4 Å². The lowest BCUT2D eigenvalue weighted by Gasteiger charge is -1.86. The van der Waals surface area contributed by atoms with Crippen molar-refractivity contribution in [2.75, 3.05) is 0 Å². The highest BCUT2D eigenvalue weighted by molar-refractivity contribution is 7.14. The van der Waals surface area contributed by atoms with Gasteiger partial charge in [-0.15, -0.1) is 11.3 Å². The highest BCUT2D eigenvalue weighted by Gasteiger charge is 2.07. The summed E-state index contributed by atoms with van der Waals surface area (Å²) in [5.74, 6) is 0.690. The van der Waals surface area contributed by atoms with Crippen LogP contribution in [-0.2, 0) is 6.54 Å². The van der Waals surface area contributed by atoms with Crippen LogP contribution in [0, 0.1) is 0 Å². The Morgan fingerprint density at radius 3 is 2.92 bits per heavy atom. The molecular formula is C8H7ClN2OS. The largest absolute Gasteiger partial charge is 0.442 e. The van der Waals surface area contributed by atoms with Gasteiger partial charge < -0.3 is 10.2 Å². The maximum absolute atomic E-state index is 5.64. The van der Waals surface area contributed by atoms with Gasteiger partial charge >= 0.3 is 0 Å². The molecule has 2 aromatic rings. The summed E-state index contributed by atoms with van der Waals surface area (Å²) in [6.07, 6.45) is 1.75. The number of halogens is 1. The molecule has 0 aromatic carbocycles. The molecule has 2 heterocycles. The zero-order valence-electron chi connectivity index (χ0n) is 6.66. The molecule has 0 spiro atoms. The van der Waals surface area contributed by atoms with Crippen molar-refractivity contribution in [2.45, 2.75) is 6.54 Å². The molecule has 0 atom stereocenters. The quantitative estimate of drug-likeness (QED) is 0.836. The van der Waals surface area contributed by atoms with Crippen LogP contribution in [0.25, 0.3) is 10.8 Å². The van der Waals surface area contributed by atoms with Gasteiger partial charge in [0.15, 0.2) is 16.0 Å². The van der Waals surface area contributed by atoms with Crippen molar-refractivity contribution in [3.63, 3.8) is 0 Å². The van der Waals surface area contributed by atoms with E-state index in [1.807, 2.05) is 0 Å². The third-order valence-corrected chi connectivity index (χ3v) is 2.78. The number of aromatic nitrogens is 1. The first-order chi connectivity index (χ1) is 6.29. The van der Waals surface area contributed by atoms with Crippen LogP contribution in [0.4, 0.5) is 0 Å². The summed E-state index contributed by atoms with van der Waals surface area (Å²) < 4.78 is 5.20. The Morgan fingerprint density at radius 2 is 2.38 bits per heavy atom. The zero-order chi connectivity index (χ0) is 9.26. The van der Waals surface area contributed by atoms with Crippen molar-refractivity contribution in [2.24, 2.45) is 5.73 Å². The Bertz CT molecular complexity index is 410. The van der Waals surface area contributed by atoms with E-state index in [2.05, 4.69) is 4.98 Å². The molecule has 0 saturated carbocycles. The second-order valence-electron chi connectivity index (χ2n) is 2.44. The van der Waals surface area contributed by atoms with Gasteiger partial charge in [0.05, 0.1) is 0 Å². The van der Waals surface area contributed by atoms with Gasteiger partial charge in [-0.1, -0.05) is 0 Å². The Hall–Kier alpha value is -0.840. The molecule has 3 nitrogen and oxygen atoms in total. The molecule has 2 N–H and O–H groups in total. The van der Waals surface area contributed by atoms with Crippen LogP contribution in [0.5, 0.6) is 0 Å². The summed E-state index contributed by atoms with van der Waals surface area (Å²) in [6, 6.07) is 3.49. The summed E-state index contributed by atoms with van der Waals surface area (Å²) in [4.78, 5) is 5.19. The van der Waals surface area contributed by atoms with Gasteiger partial charge in [0, 0.05) is 17.6 Å². The number of nitrogens with two attached hydrogens (primary N) is 1. The minimum atomic E-state index is 0.375. The van der Waals surface area contributed by atoms with E-state index in [0.717, 1.165) is 9.88 Å². The number of thiazole rings is 1. The second-order valence-corrected chi connectivity index (χ2v) is 3.93. The van der Waals surface area contributed by atoms with Crippen LogP contribution >= 0.6 is 22.9 Å². The van der Waals surface area contributed by atoms with E-state index in [1.165, 1.54) is 11.3 Å². The van der Waals surface area contributed by atoms with Crippen LogP contribution < -0.4 is 5.73 Å². The van der Waals surface area contributed by atoms with Gasteiger partial charge in [-0.05, 0) is 23.7 Å². The maximum Gasteiger partial charge on any atom is 0.194 e. The van der Waals surface area contributed by atoms with Crippen molar-refractivity contribution < 1.29 is 4.42 Å². The van der Waals surface area contributed by atoms with E-state index < -0.39 is 0 Å². The van der Waals surface area contributed by atoms with E-state index in [-0.39, 0.29) is 0 Å². The van der Waals surface area contributed by atoms with Gasteiger partial charge in [-0.25, -0.2) is 4.98 Å². The molecule has 0 aliphatic heterocycles. The molecule has 0 radical (unpaired) electrons. The third-order valence-electron chi connectivity index (χ3n) is 1.54. The highest BCUT2D eigenvalue weighted by Crippen LogP contribution is 2.28. The summed E-state index contributed by atoms with van der Waals surface area (Å²) in [6.45, 7) is 0.506. The van der Waals surface area contributed by atoms with Gasteiger partial charge in [-0.2, -0.15) is 0 Å². The van der Waals surface area contributed by atoms with Crippen LogP contribution in [0.1, 0.15) is 4.88 Å². The smallest absolute Gasteiger partial charge is 0.194 e. The van der Waals surface area contributed by atoms with Crippen LogP contribution in [0.2, 0.25) is 5.22 Å². The van der Waals surface area contributed by atoms with Gasteiger partial charge in [0.25, 0.3) is 0 Å². The minimum absolute atomic E-state index is 0.375. The van der Waals surface area contributed by atoms with Crippen molar-refractivity contribution in [1.82, 2.24) is 4.98 Å². The normalized spacial score (nSPS) is 10.6. The molecule has 0 unspecified atom stereocenters. The standard InChI is InChI=1S/C8H7ClN2OS/c9-7-2-1-6(12-7)8-11-4-5(3-10)13-8/h1-2,4H,3,10H2. The molecule has 2 rings (SSSR count). The second kappa shape index (κ2) is 3.49. The Kier molecular flexibility index (Phi) is 2.35. The summed E-state index contributed by atoms with van der Waals surface area (Å²) in [7, 11) is 0. The predicted molar refractivity (Wildman–Crippen MR) is 52.7 cm³/mol. The molecule has 68 valence electrons. The predicted octanol–water partition coefficient (Wildman–Crippen LogP) is 2.52. The SMILES string of the molecule is NCc1cnc(-c2ccc(Cl)o2)s1. The molecule has 0 aliphatic carbocycles. The average molecular weight is 215 g/mol. The Labute approximate surface area is 84.2 Å². The number of furan rings is 1. The molecule has 2 aromatic heterocycles.